The standard InChI is InChI=1S/C9H8ClNO4/c1-2-15-9(14)7-5(8(12)13)3-4-6(10)11-7/h3-4H,2H2,1H3,(H,12,13). The predicted octanol–water partition coefficient (Wildman–Crippen LogP) is 1.61. The molecule has 1 aromatic heterocycles. The maximum absolute atomic E-state index is 11.3. The largest absolute Gasteiger partial charge is 0.478 e. The molecule has 0 aromatic carbocycles. The molecular formula is C9H8ClNO4. The first-order valence-corrected chi connectivity index (χ1v) is 4.51. The Morgan fingerprint density at radius 1 is 1.53 bits per heavy atom. The summed E-state index contributed by atoms with van der Waals surface area (Å²) in [4.78, 5) is 25.7. The van der Waals surface area contributed by atoms with E-state index in [1.54, 1.807) is 6.92 Å². The number of ether oxygens (including phenoxy) is 1. The predicted molar refractivity (Wildman–Crippen MR) is 52.2 cm³/mol. The van der Waals surface area contributed by atoms with E-state index in [0.717, 1.165) is 0 Å². The van der Waals surface area contributed by atoms with Crippen LogP contribution >= 0.6 is 11.6 Å². The van der Waals surface area contributed by atoms with E-state index in [-0.39, 0.29) is 23.0 Å². The zero-order valence-corrected chi connectivity index (χ0v) is 8.61. The lowest BCUT2D eigenvalue weighted by Gasteiger charge is -2.04. The molecule has 0 radical (unpaired) electrons. The summed E-state index contributed by atoms with van der Waals surface area (Å²) in [6, 6.07) is 2.51. The Morgan fingerprint density at radius 2 is 2.20 bits per heavy atom. The molecule has 0 saturated carbocycles. The van der Waals surface area contributed by atoms with E-state index in [0.29, 0.717) is 0 Å². The summed E-state index contributed by atoms with van der Waals surface area (Å²) in [6.07, 6.45) is 0. The van der Waals surface area contributed by atoms with Crippen LogP contribution in [0.3, 0.4) is 0 Å². The van der Waals surface area contributed by atoms with Gasteiger partial charge in [-0.15, -0.1) is 0 Å². The molecule has 80 valence electrons. The number of carbonyl (C=O) groups is 2. The van der Waals surface area contributed by atoms with Crippen molar-refractivity contribution in [3.63, 3.8) is 0 Å². The molecular weight excluding hydrogens is 222 g/mol. The van der Waals surface area contributed by atoms with Gasteiger partial charge in [0.2, 0.25) is 0 Å². The highest BCUT2D eigenvalue weighted by atomic mass is 35.5. The highest BCUT2D eigenvalue weighted by molar-refractivity contribution is 6.29. The first kappa shape index (κ1) is 11.5. The minimum absolute atomic E-state index is 0.0445. The van der Waals surface area contributed by atoms with Crippen molar-refractivity contribution in [2.75, 3.05) is 6.61 Å². The van der Waals surface area contributed by atoms with Gasteiger partial charge in [0.25, 0.3) is 0 Å². The topological polar surface area (TPSA) is 76.5 Å². The molecule has 0 saturated heterocycles. The lowest BCUT2D eigenvalue weighted by Crippen LogP contribution is -2.13. The number of nitrogens with zero attached hydrogens (tertiary/aromatic N) is 1. The summed E-state index contributed by atoms with van der Waals surface area (Å²) in [5, 5.41) is 8.83. The third kappa shape index (κ3) is 2.66. The van der Waals surface area contributed by atoms with Crippen molar-refractivity contribution >= 4 is 23.5 Å². The molecule has 0 unspecified atom stereocenters. The monoisotopic (exact) mass is 229 g/mol. The number of halogens is 1. The number of rotatable bonds is 3. The summed E-state index contributed by atoms with van der Waals surface area (Å²) >= 11 is 5.55. The Labute approximate surface area is 90.6 Å². The van der Waals surface area contributed by atoms with Gasteiger partial charge in [-0.25, -0.2) is 14.6 Å². The van der Waals surface area contributed by atoms with Crippen molar-refractivity contribution < 1.29 is 19.4 Å². The number of carboxylic acids is 1. The van der Waals surface area contributed by atoms with Gasteiger partial charge in [-0.05, 0) is 19.1 Å². The number of hydrogen-bond acceptors (Lipinski definition) is 4. The second-order valence-corrected chi connectivity index (χ2v) is 2.94. The van der Waals surface area contributed by atoms with Crippen LogP contribution < -0.4 is 0 Å². The number of pyridine rings is 1. The molecule has 0 fully saturated rings. The number of carboxylic acid groups (broad SMARTS) is 1. The van der Waals surface area contributed by atoms with E-state index < -0.39 is 11.9 Å². The Morgan fingerprint density at radius 3 is 2.73 bits per heavy atom. The van der Waals surface area contributed by atoms with Crippen LogP contribution in [-0.2, 0) is 4.74 Å². The molecule has 0 aliphatic heterocycles. The fraction of sp³-hybridized carbons (Fsp3) is 0.222. The molecule has 5 nitrogen and oxygen atoms in total. The molecule has 1 aromatic rings. The van der Waals surface area contributed by atoms with Gasteiger partial charge < -0.3 is 9.84 Å². The van der Waals surface area contributed by atoms with Crippen LogP contribution in [0.2, 0.25) is 5.15 Å². The van der Waals surface area contributed by atoms with Crippen LogP contribution in [-0.4, -0.2) is 28.6 Å². The molecule has 0 atom stereocenters. The van der Waals surface area contributed by atoms with Gasteiger partial charge in [-0.1, -0.05) is 11.6 Å². The molecule has 0 aliphatic carbocycles. The zero-order chi connectivity index (χ0) is 11.4. The number of carbonyl (C=O) groups excluding carboxylic acids is 1. The molecule has 1 rings (SSSR count). The van der Waals surface area contributed by atoms with Crippen LogP contribution in [0.4, 0.5) is 0 Å². The molecule has 15 heavy (non-hydrogen) atoms. The summed E-state index contributed by atoms with van der Waals surface area (Å²) in [7, 11) is 0. The minimum atomic E-state index is -1.25. The van der Waals surface area contributed by atoms with E-state index in [1.807, 2.05) is 0 Å². The zero-order valence-electron chi connectivity index (χ0n) is 7.86. The van der Waals surface area contributed by atoms with E-state index in [4.69, 9.17) is 16.7 Å². The molecule has 0 bridgehead atoms. The second kappa shape index (κ2) is 4.75. The lowest BCUT2D eigenvalue weighted by molar-refractivity contribution is 0.0507. The molecule has 0 amide bonds. The first-order chi connectivity index (χ1) is 7.06. The maximum Gasteiger partial charge on any atom is 0.357 e. The molecule has 6 heteroatoms. The van der Waals surface area contributed by atoms with Crippen molar-refractivity contribution in [3.8, 4) is 0 Å². The smallest absolute Gasteiger partial charge is 0.357 e. The Hall–Kier alpha value is -1.62. The van der Waals surface area contributed by atoms with Crippen LogP contribution in [0.25, 0.3) is 0 Å². The van der Waals surface area contributed by atoms with Crippen LogP contribution in [0.1, 0.15) is 27.8 Å². The summed E-state index contributed by atoms with van der Waals surface area (Å²) in [6.45, 7) is 1.76. The van der Waals surface area contributed by atoms with Crippen molar-refractivity contribution in [3.05, 3.63) is 28.5 Å². The Balaban J connectivity index is 3.18. The van der Waals surface area contributed by atoms with Gasteiger partial charge in [0, 0.05) is 0 Å². The fourth-order valence-corrected chi connectivity index (χ4v) is 1.11. The molecule has 0 spiro atoms. The maximum atomic E-state index is 11.3. The molecule has 1 N–H and O–H groups in total. The number of esters is 1. The van der Waals surface area contributed by atoms with Crippen molar-refractivity contribution in [1.82, 2.24) is 4.98 Å². The molecule has 0 aliphatic rings. The van der Waals surface area contributed by atoms with Gasteiger partial charge in [-0.3, -0.25) is 0 Å². The Kier molecular flexibility index (Phi) is 3.62. The normalized spacial score (nSPS) is 9.73. The molecule has 1 heterocycles. The second-order valence-electron chi connectivity index (χ2n) is 2.56. The van der Waals surface area contributed by atoms with Gasteiger partial charge in [0.15, 0.2) is 5.69 Å². The number of aromatic carboxylic acids is 1. The average molecular weight is 230 g/mol. The first-order valence-electron chi connectivity index (χ1n) is 4.13. The van der Waals surface area contributed by atoms with Crippen LogP contribution in [0.5, 0.6) is 0 Å². The summed E-state index contributed by atoms with van der Waals surface area (Å²) < 4.78 is 4.65. The summed E-state index contributed by atoms with van der Waals surface area (Å²) in [5.74, 6) is -2.04. The van der Waals surface area contributed by atoms with Crippen molar-refractivity contribution in [2.45, 2.75) is 6.92 Å². The number of aromatic nitrogens is 1. The third-order valence-electron chi connectivity index (χ3n) is 1.56. The van der Waals surface area contributed by atoms with Gasteiger partial charge in [0.05, 0.1) is 12.2 Å². The van der Waals surface area contributed by atoms with Gasteiger partial charge in [-0.2, -0.15) is 0 Å². The van der Waals surface area contributed by atoms with E-state index in [9.17, 15) is 9.59 Å². The van der Waals surface area contributed by atoms with Crippen LogP contribution in [0, 0.1) is 0 Å². The summed E-state index contributed by atoms with van der Waals surface area (Å²) in [5.41, 5.74) is -0.505. The minimum Gasteiger partial charge on any atom is -0.478 e. The quantitative estimate of drug-likeness (QED) is 0.629. The van der Waals surface area contributed by atoms with E-state index in [2.05, 4.69) is 9.72 Å². The van der Waals surface area contributed by atoms with E-state index >= 15 is 0 Å². The van der Waals surface area contributed by atoms with Crippen molar-refractivity contribution in [2.24, 2.45) is 0 Å². The average Bonchev–Trinajstić information content (AvgIpc) is 2.17. The van der Waals surface area contributed by atoms with Crippen LogP contribution in [0.15, 0.2) is 12.1 Å². The lowest BCUT2D eigenvalue weighted by atomic mass is 10.2. The highest BCUT2D eigenvalue weighted by Crippen LogP contribution is 2.12. The SMILES string of the molecule is CCOC(=O)c1nc(Cl)ccc1C(=O)O. The van der Waals surface area contributed by atoms with E-state index in [1.165, 1.54) is 12.1 Å². The highest BCUT2D eigenvalue weighted by Gasteiger charge is 2.19. The van der Waals surface area contributed by atoms with Gasteiger partial charge in [0.1, 0.15) is 5.15 Å². The third-order valence-corrected chi connectivity index (χ3v) is 1.77. The Bertz CT molecular complexity index is 405. The van der Waals surface area contributed by atoms with Crippen molar-refractivity contribution in [1.29, 1.82) is 0 Å². The fourth-order valence-electron chi connectivity index (χ4n) is 0.963. The number of hydrogen-bond donors (Lipinski definition) is 1. The van der Waals surface area contributed by atoms with Gasteiger partial charge >= 0.3 is 11.9 Å².